The molecule has 2 atom stereocenters. The van der Waals surface area contributed by atoms with Crippen molar-refractivity contribution in [3.05, 3.63) is 63.5 Å². The molecule has 162 valence electrons. The average Bonchev–Trinajstić information content (AvgIpc) is 2.57. The number of nitrogens with zero attached hydrogens (tertiary/aromatic N) is 1. The van der Waals surface area contributed by atoms with E-state index in [1.54, 1.807) is 0 Å². The molecule has 0 aliphatic heterocycles. The van der Waals surface area contributed by atoms with Crippen LogP contribution >= 0.6 is 0 Å². The summed E-state index contributed by atoms with van der Waals surface area (Å²) in [7, 11) is 0. The molecule has 1 heterocycles. The maximum absolute atomic E-state index is 13.0. The van der Waals surface area contributed by atoms with Crippen molar-refractivity contribution in [2.45, 2.75) is 77.2 Å². The average molecular weight is 418 g/mol. The van der Waals surface area contributed by atoms with E-state index in [0.29, 0.717) is 23.1 Å². The summed E-state index contributed by atoms with van der Waals surface area (Å²) >= 11 is 0. The van der Waals surface area contributed by atoms with E-state index >= 15 is 0 Å². The summed E-state index contributed by atoms with van der Waals surface area (Å²) in [5.41, 5.74) is 3.18. The van der Waals surface area contributed by atoms with Gasteiger partial charge in [-0.3, -0.25) is 4.98 Å². The minimum atomic E-state index is -4.42. The van der Waals surface area contributed by atoms with Crippen molar-refractivity contribution in [2.24, 2.45) is 5.41 Å². The van der Waals surface area contributed by atoms with Gasteiger partial charge in [0.1, 0.15) is 6.10 Å². The Morgan fingerprint density at radius 2 is 1.80 bits per heavy atom. The lowest BCUT2D eigenvalue weighted by atomic mass is 9.71. The van der Waals surface area contributed by atoms with Gasteiger partial charge in [0.15, 0.2) is 0 Å². The van der Waals surface area contributed by atoms with E-state index in [2.05, 4.69) is 13.8 Å². The van der Waals surface area contributed by atoms with Crippen LogP contribution in [0, 0.1) is 12.3 Å². The van der Waals surface area contributed by atoms with Crippen LogP contribution in [0.2, 0.25) is 0 Å². The molecule has 0 saturated heterocycles. The second kappa shape index (κ2) is 7.34. The highest BCUT2D eigenvalue weighted by atomic mass is 19.4. The van der Waals surface area contributed by atoms with Gasteiger partial charge in [-0.15, -0.1) is 0 Å². The topological polar surface area (TPSA) is 56.2 Å². The number of benzene rings is 1. The third-order valence-corrected chi connectivity index (χ3v) is 6.68. The first kappa shape index (κ1) is 21.3. The molecular weight excluding hydrogens is 391 g/mol. The van der Waals surface area contributed by atoms with Gasteiger partial charge in [-0.2, -0.15) is 13.2 Å². The highest BCUT2D eigenvalue weighted by molar-refractivity contribution is 5.48. The minimum absolute atomic E-state index is 0.122. The summed E-state index contributed by atoms with van der Waals surface area (Å²) in [6.07, 6.45) is -2.18. The van der Waals surface area contributed by atoms with Gasteiger partial charge < -0.3 is 10.2 Å². The Kier molecular flexibility index (Phi) is 5.22. The first-order valence-electron chi connectivity index (χ1n) is 10.5. The fourth-order valence-corrected chi connectivity index (χ4v) is 4.87. The lowest BCUT2D eigenvalue weighted by Gasteiger charge is -2.43. The fraction of sp³-hybridized carbons (Fsp3) is 0.542. The second-order valence-corrected chi connectivity index (χ2v) is 9.58. The molecule has 0 radical (unpaired) electrons. The Morgan fingerprint density at radius 3 is 2.33 bits per heavy atom. The van der Waals surface area contributed by atoms with Gasteiger partial charge in [0, 0.05) is 17.2 Å². The quantitative estimate of drug-likeness (QED) is 0.752. The number of fused-ring (bicyclic) bond motifs is 1. The van der Waals surface area contributed by atoms with Crippen molar-refractivity contribution in [3.8, 4) is 0 Å². The molecule has 1 N–H and O–H groups in total. The standard InChI is InChI=1S/C24H27F3NO2/c1-13-19-17(11-23(2,3)12-18(19)29)28-21(14-5-4-6-14)20(13)22(30)15-7-9-16(10-8-15)24(25,26)27/h7-10,14,18,22,30H,4-6,11-12H2,1-3H3/q-1/t18?,22-/m0/s1. The van der Waals surface area contributed by atoms with E-state index in [1.807, 2.05) is 6.92 Å². The van der Waals surface area contributed by atoms with Crippen LogP contribution in [0.15, 0.2) is 24.3 Å². The van der Waals surface area contributed by atoms with Crippen LogP contribution < -0.4 is 5.11 Å². The van der Waals surface area contributed by atoms with E-state index < -0.39 is 23.9 Å². The highest BCUT2D eigenvalue weighted by Gasteiger charge is 2.35. The SMILES string of the molecule is Cc1c2c(nc(C3CCC3)c1[C@@H](O)c1ccc(C(F)(F)F)cc1)CC(C)(C)CC2[O-]. The lowest BCUT2D eigenvalue weighted by Crippen LogP contribution is -2.34. The molecular formula is C24H27F3NO2-. The van der Waals surface area contributed by atoms with Gasteiger partial charge in [0.2, 0.25) is 0 Å². The number of hydrogen-bond acceptors (Lipinski definition) is 3. The molecule has 2 aromatic rings. The van der Waals surface area contributed by atoms with Crippen molar-refractivity contribution in [1.82, 2.24) is 4.98 Å². The molecule has 1 aromatic carbocycles. The number of aromatic nitrogens is 1. The molecule has 0 amide bonds. The van der Waals surface area contributed by atoms with Gasteiger partial charge in [0.05, 0.1) is 11.3 Å². The summed E-state index contributed by atoms with van der Waals surface area (Å²) in [4.78, 5) is 4.91. The second-order valence-electron chi connectivity index (χ2n) is 9.58. The molecule has 1 aromatic heterocycles. The smallest absolute Gasteiger partial charge is 0.416 e. The van der Waals surface area contributed by atoms with Crippen LogP contribution in [0.1, 0.15) is 96.9 Å². The number of halogens is 3. The lowest BCUT2D eigenvalue weighted by molar-refractivity contribution is -0.434. The van der Waals surface area contributed by atoms with E-state index in [0.717, 1.165) is 54.8 Å². The third-order valence-electron chi connectivity index (χ3n) is 6.68. The maximum Gasteiger partial charge on any atom is 0.416 e. The molecule has 30 heavy (non-hydrogen) atoms. The van der Waals surface area contributed by atoms with E-state index in [9.17, 15) is 23.4 Å². The van der Waals surface area contributed by atoms with Crippen molar-refractivity contribution in [2.75, 3.05) is 0 Å². The highest BCUT2D eigenvalue weighted by Crippen LogP contribution is 2.46. The predicted octanol–water partition coefficient (Wildman–Crippen LogP) is 5.13. The Bertz CT molecular complexity index is 946. The number of aliphatic hydroxyl groups excluding tert-OH is 1. The van der Waals surface area contributed by atoms with E-state index in [-0.39, 0.29) is 11.3 Å². The van der Waals surface area contributed by atoms with E-state index in [4.69, 9.17) is 4.98 Å². The third kappa shape index (κ3) is 3.76. The summed E-state index contributed by atoms with van der Waals surface area (Å²) < 4.78 is 38.8. The molecule has 1 saturated carbocycles. The summed E-state index contributed by atoms with van der Waals surface area (Å²) in [6, 6.07) is 4.60. The minimum Gasteiger partial charge on any atom is -0.848 e. The van der Waals surface area contributed by atoms with Gasteiger partial charge in [-0.25, -0.2) is 0 Å². The van der Waals surface area contributed by atoms with Gasteiger partial charge in [-0.1, -0.05) is 44.9 Å². The van der Waals surface area contributed by atoms with Crippen LogP contribution in [0.5, 0.6) is 0 Å². The molecule has 2 aliphatic rings. The number of pyridine rings is 1. The van der Waals surface area contributed by atoms with E-state index in [1.165, 1.54) is 12.1 Å². The van der Waals surface area contributed by atoms with Crippen molar-refractivity contribution in [3.63, 3.8) is 0 Å². The molecule has 6 heteroatoms. The largest absolute Gasteiger partial charge is 0.848 e. The molecule has 0 bridgehead atoms. The number of aliphatic hydroxyl groups is 1. The monoisotopic (exact) mass is 418 g/mol. The van der Waals surface area contributed by atoms with Crippen LogP contribution in [0.3, 0.4) is 0 Å². The summed E-state index contributed by atoms with van der Waals surface area (Å²) in [5.74, 6) is 0.225. The molecule has 0 spiro atoms. The van der Waals surface area contributed by atoms with Crippen molar-refractivity contribution >= 4 is 0 Å². The van der Waals surface area contributed by atoms with Gasteiger partial charge in [-0.05, 0) is 60.4 Å². The Labute approximate surface area is 175 Å². The normalized spacial score (nSPS) is 22.3. The first-order valence-corrected chi connectivity index (χ1v) is 10.5. The molecule has 3 nitrogen and oxygen atoms in total. The molecule has 1 unspecified atom stereocenters. The van der Waals surface area contributed by atoms with Crippen LogP contribution in [0.25, 0.3) is 0 Å². The van der Waals surface area contributed by atoms with Crippen molar-refractivity contribution < 1.29 is 23.4 Å². The zero-order valence-corrected chi connectivity index (χ0v) is 17.5. The molecule has 1 fully saturated rings. The maximum atomic E-state index is 13.0. The van der Waals surface area contributed by atoms with Crippen LogP contribution in [0.4, 0.5) is 13.2 Å². The van der Waals surface area contributed by atoms with Gasteiger partial charge in [0.25, 0.3) is 0 Å². The summed E-state index contributed by atoms with van der Waals surface area (Å²) in [5, 5.41) is 24.2. The van der Waals surface area contributed by atoms with Crippen molar-refractivity contribution in [1.29, 1.82) is 0 Å². The number of alkyl halides is 3. The Morgan fingerprint density at radius 1 is 1.17 bits per heavy atom. The molecule has 4 rings (SSSR count). The van der Waals surface area contributed by atoms with Gasteiger partial charge >= 0.3 is 6.18 Å². The first-order chi connectivity index (χ1) is 14.0. The van der Waals surface area contributed by atoms with Crippen LogP contribution in [-0.4, -0.2) is 10.1 Å². The predicted molar refractivity (Wildman–Crippen MR) is 106 cm³/mol. The molecule has 2 aliphatic carbocycles. The number of rotatable bonds is 3. The Hall–Kier alpha value is -1.92. The van der Waals surface area contributed by atoms with Crippen LogP contribution in [-0.2, 0) is 12.6 Å². The zero-order valence-electron chi connectivity index (χ0n) is 17.5. The summed E-state index contributed by atoms with van der Waals surface area (Å²) in [6.45, 7) is 6.01. The fourth-order valence-electron chi connectivity index (χ4n) is 4.87. The zero-order chi connectivity index (χ0) is 21.8. The number of hydrogen-bond donors (Lipinski definition) is 1. The Balaban J connectivity index is 1.81.